The Morgan fingerprint density at radius 1 is 1.07 bits per heavy atom. The van der Waals surface area contributed by atoms with E-state index < -0.39 is 10.8 Å². The molecule has 1 aliphatic rings. The molecular weight excluding hydrogens is 348 g/mol. The van der Waals surface area contributed by atoms with Crippen LogP contribution in [0, 0.1) is 10.1 Å². The Bertz CT molecular complexity index is 891. The summed E-state index contributed by atoms with van der Waals surface area (Å²) in [6.07, 6.45) is 1.99. The van der Waals surface area contributed by atoms with Gasteiger partial charge >= 0.3 is 0 Å². The third-order valence-electron chi connectivity index (χ3n) is 4.53. The van der Waals surface area contributed by atoms with Gasteiger partial charge in [0.2, 0.25) is 0 Å². The second-order valence-corrected chi connectivity index (χ2v) is 6.23. The molecule has 0 bridgehead atoms. The maximum atomic E-state index is 12.6. The topological polar surface area (TPSA) is 105 Å². The number of carbonyl (C=O) groups excluding carboxylic acids is 2. The minimum Gasteiger partial charge on any atom is -0.366 e. The van der Waals surface area contributed by atoms with E-state index in [0.717, 1.165) is 25.9 Å². The van der Waals surface area contributed by atoms with Gasteiger partial charge in [0, 0.05) is 31.8 Å². The van der Waals surface area contributed by atoms with E-state index in [-0.39, 0.29) is 17.2 Å². The summed E-state index contributed by atoms with van der Waals surface area (Å²) in [7, 11) is 1.50. The fourth-order valence-electron chi connectivity index (χ4n) is 3.16. The summed E-state index contributed by atoms with van der Waals surface area (Å²) in [6.45, 7) is 1.54. The number of amides is 2. The lowest BCUT2D eigenvalue weighted by Crippen LogP contribution is -2.22. The first-order valence-electron chi connectivity index (χ1n) is 8.67. The van der Waals surface area contributed by atoms with Crippen LogP contribution in [0.5, 0.6) is 0 Å². The van der Waals surface area contributed by atoms with E-state index in [1.807, 2.05) is 4.90 Å². The Labute approximate surface area is 156 Å². The van der Waals surface area contributed by atoms with E-state index in [2.05, 4.69) is 10.6 Å². The van der Waals surface area contributed by atoms with Crippen molar-refractivity contribution < 1.29 is 14.5 Å². The van der Waals surface area contributed by atoms with Crippen molar-refractivity contribution in [1.82, 2.24) is 5.32 Å². The van der Waals surface area contributed by atoms with Crippen LogP contribution in [-0.4, -0.2) is 36.9 Å². The number of hydrogen-bond acceptors (Lipinski definition) is 5. The van der Waals surface area contributed by atoms with Gasteiger partial charge in [-0.05, 0) is 37.1 Å². The minimum atomic E-state index is -0.512. The van der Waals surface area contributed by atoms with Gasteiger partial charge in [0.1, 0.15) is 5.69 Å². The van der Waals surface area contributed by atoms with Crippen molar-refractivity contribution >= 4 is 28.9 Å². The van der Waals surface area contributed by atoms with Gasteiger partial charge in [-0.3, -0.25) is 19.7 Å². The summed E-state index contributed by atoms with van der Waals surface area (Å²) in [5.74, 6) is -0.844. The van der Waals surface area contributed by atoms with Gasteiger partial charge in [-0.25, -0.2) is 0 Å². The number of nitrogens with zero attached hydrogens (tertiary/aromatic N) is 2. The van der Waals surface area contributed by atoms with E-state index in [9.17, 15) is 19.7 Å². The van der Waals surface area contributed by atoms with Gasteiger partial charge in [0.25, 0.3) is 17.5 Å². The highest BCUT2D eigenvalue weighted by Crippen LogP contribution is 2.32. The lowest BCUT2D eigenvalue weighted by Gasteiger charge is -2.18. The number of para-hydroxylation sites is 1. The van der Waals surface area contributed by atoms with Crippen LogP contribution in [0.25, 0.3) is 0 Å². The molecule has 8 nitrogen and oxygen atoms in total. The number of carbonyl (C=O) groups is 2. The number of nitro benzene ring substituents is 1. The first-order valence-corrected chi connectivity index (χ1v) is 8.67. The maximum absolute atomic E-state index is 12.6. The molecule has 2 aromatic carbocycles. The number of anilines is 2. The molecule has 0 radical (unpaired) electrons. The fraction of sp³-hybridized carbons (Fsp3) is 0.263. The zero-order valence-electron chi connectivity index (χ0n) is 14.9. The van der Waals surface area contributed by atoms with Crippen molar-refractivity contribution in [2.24, 2.45) is 0 Å². The molecule has 1 fully saturated rings. The lowest BCUT2D eigenvalue weighted by molar-refractivity contribution is -0.384. The Balaban J connectivity index is 1.88. The molecule has 0 atom stereocenters. The van der Waals surface area contributed by atoms with Gasteiger partial charge in [-0.2, -0.15) is 0 Å². The lowest BCUT2D eigenvalue weighted by atomic mass is 10.1. The van der Waals surface area contributed by atoms with Crippen LogP contribution in [0.4, 0.5) is 17.1 Å². The largest absolute Gasteiger partial charge is 0.366 e. The second-order valence-electron chi connectivity index (χ2n) is 6.23. The van der Waals surface area contributed by atoms with E-state index in [0.29, 0.717) is 16.9 Å². The highest BCUT2D eigenvalue weighted by Gasteiger charge is 2.24. The average Bonchev–Trinajstić information content (AvgIpc) is 3.22. The highest BCUT2D eigenvalue weighted by molar-refractivity contribution is 6.09. The molecule has 3 rings (SSSR count). The normalized spacial score (nSPS) is 13.3. The van der Waals surface area contributed by atoms with Crippen LogP contribution >= 0.6 is 0 Å². The van der Waals surface area contributed by atoms with Crippen molar-refractivity contribution in [2.75, 3.05) is 30.4 Å². The first kappa shape index (κ1) is 18.4. The quantitative estimate of drug-likeness (QED) is 0.624. The molecule has 0 unspecified atom stereocenters. The predicted octanol–water partition coefficient (Wildman–Crippen LogP) is 2.81. The number of nitrogens with one attached hydrogen (secondary N) is 2. The Morgan fingerprint density at radius 3 is 2.44 bits per heavy atom. The van der Waals surface area contributed by atoms with Gasteiger partial charge in [-0.15, -0.1) is 0 Å². The van der Waals surface area contributed by atoms with Crippen LogP contribution in [0.2, 0.25) is 0 Å². The molecule has 1 aliphatic heterocycles. The molecule has 0 saturated carbocycles. The predicted molar refractivity (Wildman–Crippen MR) is 102 cm³/mol. The number of benzene rings is 2. The van der Waals surface area contributed by atoms with Crippen molar-refractivity contribution in [2.45, 2.75) is 12.8 Å². The van der Waals surface area contributed by atoms with Crippen molar-refractivity contribution in [3.63, 3.8) is 0 Å². The summed E-state index contributed by atoms with van der Waals surface area (Å²) >= 11 is 0. The molecule has 140 valence electrons. The average molecular weight is 368 g/mol. The molecule has 2 aromatic rings. The summed E-state index contributed by atoms with van der Waals surface area (Å²) in [6, 6.07) is 11.0. The fourth-order valence-corrected chi connectivity index (χ4v) is 3.16. The number of nitro groups is 1. The maximum Gasteiger partial charge on any atom is 0.293 e. The molecule has 0 aromatic heterocycles. The molecule has 1 saturated heterocycles. The van der Waals surface area contributed by atoms with E-state index in [1.165, 1.54) is 13.1 Å². The number of rotatable bonds is 5. The Hall–Kier alpha value is -3.42. The SMILES string of the molecule is CNC(=O)c1ccccc1NC(=O)c1ccc(N2CCCC2)c([N+](=O)[O-])c1. The standard InChI is InChI=1S/C19H20N4O4/c1-20-19(25)14-6-2-3-7-15(14)21-18(24)13-8-9-16(17(12-13)23(26)27)22-10-4-5-11-22/h2-3,6-9,12H,4-5,10-11H2,1H3,(H,20,25)(H,21,24). The van der Waals surface area contributed by atoms with Crippen molar-refractivity contribution in [3.05, 3.63) is 63.7 Å². The number of hydrogen-bond donors (Lipinski definition) is 2. The van der Waals surface area contributed by atoms with Crippen LogP contribution in [-0.2, 0) is 0 Å². The molecule has 2 N–H and O–H groups in total. The van der Waals surface area contributed by atoms with Crippen molar-refractivity contribution in [1.29, 1.82) is 0 Å². The van der Waals surface area contributed by atoms with E-state index in [1.54, 1.807) is 36.4 Å². The van der Waals surface area contributed by atoms with Crippen LogP contribution < -0.4 is 15.5 Å². The summed E-state index contributed by atoms with van der Waals surface area (Å²) < 4.78 is 0. The molecule has 2 amide bonds. The van der Waals surface area contributed by atoms with Gasteiger partial charge in [0.15, 0.2) is 0 Å². The van der Waals surface area contributed by atoms with Crippen LogP contribution in [0.3, 0.4) is 0 Å². The Kier molecular flexibility index (Phi) is 5.35. The monoisotopic (exact) mass is 368 g/mol. The highest BCUT2D eigenvalue weighted by atomic mass is 16.6. The third-order valence-corrected chi connectivity index (χ3v) is 4.53. The molecule has 0 spiro atoms. The van der Waals surface area contributed by atoms with Gasteiger partial charge < -0.3 is 15.5 Å². The zero-order chi connectivity index (χ0) is 19.4. The zero-order valence-corrected chi connectivity index (χ0v) is 14.9. The summed E-state index contributed by atoms with van der Waals surface area (Å²) in [5, 5.41) is 16.7. The van der Waals surface area contributed by atoms with Crippen LogP contribution in [0.1, 0.15) is 33.6 Å². The Morgan fingerprint density at radius 2 is 1.78 bits per heavy atom. The second kappa shape index (κ2) is 7.86. The van der Waals surface area contributed by atoms with Gasteiger partial charge in [-0.1, -0.05) is 12.1 Å². The molecular formula is C19H20N4O4. The smallest absolute Gasteiger partial charge is 0.293 e. The molecule has 0 aliphatic carbocycles. The van der Waals surface area contributed by atoms with E-state index in [4.69, 9.17) is 0 Å². The van der Waals surface area contributed by atoms with Crippen LogP contribution in [0.15, 0.2) is 42.5 Å². The minimum absolute atomic E-state index is 0.0934. The van der Waals surface area contributed by atoms with Gasteiger partial charge in [0.05, 0.1) is 16.2 Å². The van der Waals surface area contributed by atoms with E-state index >= 15 is 0 Å². The molecule has 8 heteroatoms. The third kappa shape index (κ3) is 3.89. The molecule has 1 heterocycles. The summed E-state index contributed by atoms with van der Waals surface area (Å²) in [4.78, 5) is 37.5. The first-order chi connectivity index (χ1) is 13.0. The summed E-state index contributed by atoms with van der Waals surface area (Å²) in [5.41, 5.74) is 1.25. The van der Waals surface area contributed by atoms with Crippen molar-refractivity contribution in [3.8, 4) is 0 Å². The molecule has 27 heavy (non-hydrogen) atoms.